The molecule has 0 amide bonds. The van der Waals surface area contributed by atoms with E-state index in [0.717, 1.165) is 21.3 Å². The molecule has 100 valence electrons. The molecule has 1 heterocycles. The summed E-state index contributed by atoms with van der Waals surface area (Å²) in [6.07, 6.45) is 0.812. The Morgan fingerprint density at radius 2 is 2.05 bits per heavy atom. The summed E-state index contributed by atoms with van der Waals surface area (Å²) < 4.78 is 6.63. The molecule has 0 aliphatic rings. The van der Waals surface area contributed by atoms with Gasteiger partial charge in [-0.05, 0) is 30.2 Å². The highest BCUT2D eigenvalue weighted by Crippen LogP contribution is 2.30. The monoisotopic (exact) mass is 340 g/mol. The zero-order valence-electron chi connectivity index (χ0n) is 10.4. The Morgan fingerprint density at radius 3 is 2.63 bits per heavy atom. The molecule has 2 rings (SSSR count). The first-order chi connectivity index (χ1) is 9.10. The second-order valence-corrected chi connectivity index (χ2v) is 6.03. The van der Waals surface area contributed by atoms with Crippen LogP contribution in [0.5, 0.6) is 5.75 Å². The molecular formula is C14H13BrO3S. The number of aryl methyl sites for hydroxylation is 1. The second kappa shape index (κ2) is 6.21. The number of hydrogen-bond donors (Lipinski definition) is 1. The Labute approximate surface area is 124 Å². The van der Waals surface area contributed by atoms with Gasteiger partial charge in [-0.1, -0.05) is 35.0 Å². The zero-order valence-corrected chi connectivity index (χ0v) is 12.8. The third-order valence-electron chi connectivity index (χ3n) is 2.60. The number of carboxylic acid groups (broad SMARTS) is 1. The predicted octanol–water partition coefficient (Wildman–Crippen LogP) is 4.35. The van der Waals surface area contributed by atoms with Crippen molar-refractivity contribution in [2.24, 2.45) is 0 Å². The van der Waals surface area contributed by atoms with Crippen LogP contribution in [0.3, 0.4) is 0 Å². The average Bonchev–Trinajstić information content (AvgIpc) is 2.81. The van der Waals surface area contributed by atoms with Gasteiger partial charge in [0.05, 0.1) is 0 Å². The van der Waals surface area contributed by atoms with Crippen molar-refractivity contribution in [2.45, 2.75) is 20.0 Å². The fourth-order valence-corrected chi connectivity index (χ4v) is 2.74. The Kier molecular flexibility index (Phi) is 4.61. The van der Waals surface area contributed by atoms with E-state index in [1.54, 1.807) is 0 Å². The summed E-state index contributed by atoms with van der Waals surface area (Å²) in [5.41, 5.74) is 1.00. The topological polar surface area (TPSA) is 46.5 Å². The van der Waals surface area contributed by atoms with Gasteiger partial charge in [-0.25, -0.2) is 4.79 Å². The van der Waals surface area contributed by atoms with E-state index in [0.29, 0.717) is 12.4 Å². The number of carboxylic acids is 1. The van der Waals surface area contributed by atoms with Gasteiger partial charge in [0, 0.05) is 9.35 Å². The highest BCUT2D eigenvalue weighted by molar-refractivity contribution is 9.10. The van der Waals surface area contributed by atoms with Gasteiger partial charge in [-0.2, -0.15) is 0 Å². The maximum atomic E-state index is 11.1. The summed E-state index contributed by atoms with van der Waals surface area (Å²) in [7, 11) is 0. The molecule has 0 atom stereocenters. The van der Waals surface area contributed by atoms with Gasteiger partial charge in [0.2, 0.25) is 0 Å². The largest absolute Gasteiger partial charge is 0.487 e. The number of benzene rings is 1. The summed E-state index contributed by atoms with van der Waals surface area (Å²) in [4.78, 5) is 12.4. The molecule has 0 spiro atoms. The van der Waals surface area contributed by atoms with E-state index < -0.39 is 5.97 Å². The smallest absolute Gasteiger partial charge is 0.349 e. The van der Waals surface area contributed by atoms with Crippen molar-refractivity contribution in [1.29, 1.82) is 0 Å². The van der Waals surface area contributed by atoms with Crippen LogP contribution in [0.15, 0.2) is 34.8 Å². The fraction of sp³-hybridized carbons (Fsp3) is 0.214. The van der Waals surface area contributed by atoms with Crippen molar-refractivity contribution in [3.05, 3.63) is 50.1 Å². The van der Waals surface area contributed by atoms with Crippen LogP contribution in [-0.4, -0.2) is 11.1 Å². The number of halogens is 1. The number of aromatic carboxylic acids is 1. The van der Waals surface area contributed by atoms with E-state index in [4.69, 9.17) is 9.84 Å². The Morgan fingerprint density at radius 1 is 1.37 bits per heavy atom. The van der Waals surface area contributed by atoms with Gasteiger partial charge in [0.1, 0.15) is 12.4 Å². The molecule has 0 fully saturated rings. The van der Waals surface area contributed by atoms with Gasteiger partial charge in [-0.15, -0.1) is 11.3 Å². The lowest BCUT2D eigenvalue weighted by atomic mass is 10.2. The first kappa shape index (κ1) is 14.1. The molecule has 1 N–H and O–H groups in total. The molecule has 0 aliphatic heterocycles. The summed E-state index contributed by atoms with van der Waals surface area (Å²) in [5, 5.41) is 9.13. The van der Waals surface area contributed by atoms with E-state index in [9.17, 15) is 4.79 Å². The van der Waals surface area contributed by atoms with Crippen LogP contribution in [-0.2, 0) is 13.0 Å². The number of carbonyl (C=O) groups is 1. The second-order valence-electron chi connectivity index (χ2n) is 3.98. The van der Waals surface area contributed by atoms with Gasteiger partial charge < -0.3 is 9.84 Å². The van der Waals surface area contributed by atoms with Gasteiger partial charge in [0.15, 0.2) is 4.88 Å². The van der Waals surface area contributed by atoms with Crippen LogP contribution in [0.1, 0.15) is 27.0 Å². The minimum Gasteiger partial charge on any atom is -0.487 e. The number of rotatable bonds is 5. The van der Waals surface area contributed by atoms with Crippen LogP contribution < -0.4 is 4.74 Å². The standard InChI is InChI=1S/C14H13BrO3S/c1-2-11-7-12(13(19-11)14(16)17)18-8-9-3-5-10(15)6-4-9/h3-7H,2,8H2,1H3,(H,16,17). The van der Waals surface area contributed by atoms with Crippen LogP contribution in [0.2, 0.25) is 0 Å². The van der Waals surface area contributed by atoms with Crippen LogP contribution in [0, 0.1) is 0 Å². The van der Waals surface area contributed by atoms with Crippen LogP contribution in [0.4, 0.5) is 0 Å². The first-order valence-electron chi connectivity index (χ1n) is 5.83. The van der Waals surface area contributed by atoms with Crippen LogP contribution in [0.25, 0.3) is 0 Å². The predicted molar refractivity (Wildman–Crippen MR) is 79.1 cm³/mol. The van der Waals surface area contributed by atoms with Crippen LogP contribution >= 0.6 is 27.3 Å². The third-order valence-corrected chi connectivity index (χ3v) is 4.38. The van der Waals surface area contributed by atoms with Crippen molar-refractivity contribution in [1.82, 2.24) is 0 Å². The molecule has 0 saturated heterocycles. The first-order valence-corrected chi connectivity index (χ1v) is 7.44. The number of hydrogen-bond acceptors (Lipinski definition) is 3. The third kappa shape index (κ3) is 3.58. The molecule has 3 nitrogen and oxygen atoms in total. The zero-order chi connectivity index (χ0) is 13.8. The molecule has 1 aromatic carbocycles. The van der Waals surface area contributed by atoms with Crippen molar-refractivity contribution < 1.29 is 14.6 Å². The summed E-state index contributed by atoms with van der Waals surface area (Å²) in [5.74, 6) is -0.479. The molecule has 19 heavy (non-hydrogen) atoms. The Bertz CT molecular complexity index is 575. The summed E-state index contributed by atoms with van der Waals surface area (Å²) in [6.45, 7) is 2.36. The minimum atomic E-state index is -0.935. The van der Waals surface area contributed by atoms with Gasteiger partial charge in [0.25, 0.3) is 0 Å². The number of thiophene rings is 1. The van der Waals surface area contributed by atoms with Gasteiger partial charge >= 0.3 is 5.97 Å². The van der Waals surface area contributed by atoms with Crippen molar-refractivity contribution in [3.8, 4) is 5.75 Å². The lowest BCUT2D eigenvalue weighted by Gasteiger charge is -2.05. The maximum Gasteiger partial charge on any atom is 0.349 e. The molecule has 0 bridgehead atoms. The average molecular weight is 341 g/mol. The number of ether oxygens (including phenoxy) is 1. The molecule has 2 aromatic rings. The van der Waals surface area contributed by atoms with Crippen molar-refractivity contribution in [3.63, 3.8) is 0 Å². The van der Waals surface area contributed by atoms with E-state index >= 15 is 0 Å². The normalized spacial score (nSPS) is 10.4. The van der Waals surface area contributed by atoms with Crippen molar-refractivity contribution in [2.75, 3.05) is 0 Å². The minimum absolute atomic E-state index is 0.272. The summed E-state index contributed by atoms with van der Waals surface area (Å²) in [6, 6.07) is 9.56. The highest BCUT2D eigenvalue weighted by atomic mass is 79.9. The van der Waals surface area contributed by atoms with Crippen molar-refractivity contribution >= 4 is 33.2 Å². The summed E-state index contributed by atoms with van der Waals surface area (Å²) >= 11 is 4.64. The SMILES string of the molecule is CCc1cc(OCc2ccc(Br)cc2)c(C(=O)O)s1. The molecular weight excluding hydrogens is 328 g/mol. The lowest BCUT2D eigenvalue weighted by molar-refractivity contribution is 0.0697. The quantitative estimate of drug-likeness (QED) is 0.879. The van der Waals surface area contributed by atoms with E-state index in [-0.39, 0.29) is 4.88 Å². The highest BCUT2D eigenvalue weighted by Gasteiger charge is 2.16. The van der Waals surface area contributed by atoms with E-state index in [1.807, 2.05) is 37.3 Å². The molecule has 1 aromatic heterocycles. The van der Waals surface area contributed by atoms with E-state index in [2.05, 4.69) is 15.9 Å². The molecule has 5 heteroatoms. The molecule has 0 saturated carbocycles. The molecule has 0 aliphatic carbocycles. The van der Waals surface area contributed by atoms with Gasteiger partial charge in [-0.3, -0.25) is 0 Å². The lowest BCUT2D eigenvalue weighted by Crippen LogP contribution is -1.99. The van der Waals surface area contributed by atoms with E-state index in [1.165, 1.54) is 11.3 Å². The Balaban J connectivity index is 2.12. The molecule has 0 unspecified atom stereocenters. The fourth-order valence-electron chi connectivity index (χ4n) is 1.59. The Hall–Kier alpha value is -1.33. The maximum absolute atomic E-state index is 11.1. The molecule has 0 radical (unpaired) electrons.